The van der Waals surface area contributed by atoms with Gasteiger partial charge in [0.05, 0.1) is 13.7 Å². The fourth-order valence-corrected chi connectivity index (χ4v) is 3.46. The Bertz CT molecular complexity index is 676. The van der Waals surface area contributed by atoms with Gasteiger partial charge in [0, 0.05) is 22.6 Å². The molecule has 0 aliphatic carbocycles. The monoisotopic (exact) mass is 488 g/mol. The second-order valence-electron chi connectivity index (χ2n) is 7.67. The highest BCUT2D eigenvalue weighted by atomic mass is 127. The van der Waals surface area contributed by atoms with Gasteiger partial charge in [0.15, 0.2) is 0 Å². The van der Waals surface area contributed by atoms with E-state index in [2.05, 4.69) is 88.4 Å². The fraction of sp³-hybridized carbons (Fsp3) is 0.471. The Labute approximate surface area is 164 Å². The SMILES string of the molecule is CC(C)(C)c1cc(-c2ccc(I)s2)cc(C(C)(C)C)[o+]1.F[B-](F)(F)F. The molecule has 0 fully saturated rings. The maximum Gasteiger partial charge on any atom is 0.673 e. The van der Waals surface area contributed by atoms with Crippen LogP contribution in [0.5, 0.6) is 0 Å². The van der Waals surface area contributed by atoms with Crippen molar-refractivity contribution in [3.8, 4) is 10.4 Å². The molecule has 0 N–H and O–H groups in total. The molecule has 0 bridgehead atoms. The second-order valence-corrected chi connectivity index (χ2v) is 10.7. The number of rotatable bonds is 1. The molecule has 25 heavy (non-hydrogen) atoms. The van der Waals surface area contributed by atoms with Crippen molar-refractivity contribution in [2.45, 2.75) is 52.4 Å². The van der Waals surface area contributed by atoms with E-state index in [1.54, 1.807) is 0 Å². The van der Waals surface area contributed by atoms with E-state index in [9.17, 15) is 17.3 Å². The topological polar surface area (TPSA) is 11.3 Å². The van der Waals surface area contributed by atoms with Gasteiger partial charge in [-0.2, -0.15) is 0 Å². The van der Waals surface area contributed by atoms with Crippen molar-refractivity contribution < 1.29 is 21.7 Å². The molecule has 0 spiro atoms. The van der Waals surface area contributed by atoms with Crippen LogP contribution in [0.15, 0.2) is 28.7 Å². The van der Waals surface area contributed by atoms with E-state index in [0.717, 1.165) is 11.5 Å². The molecular weight excluding hydrogens is 466 g/mol. The van der Waals surface area contributed by atoms with E-state index in [1.807, 2.05) is 11.3 Å². The summed E-state index contributed by atoms with van der Waals surface area (Å²) in [7, 11) is -6.00. The lowest BCUT2D eigenvalue weighted by molar-refractivity contribution is 0.329. The standard InChI is InChI=1S/C17H22IOS.BF4/c1-16(2,3)13-9-11(12-7-8-15(18)20-12)10-14(19-13)17(4,5)6;2-1(3,4)5/h7-10H,1-6H3;/q+1;-1. The molecule has 0 atom stereocenters. The smallest absolute Gasteiger partial charge is 0.418 e. The summed E-state index contributed by atoms with van der Waals surface area (Å²) in [6.45, 7) is 13.2. The minimum absolute atomic E-state index is 0.0143. The molecule has 0 aliphatic rings. The summed E-state index contributed by atoms with van der Waals surface area (Å²) in [6.07, 6.45) is 0. The van der Waals surface area contributed by atoms with Crippen molar-refractivity contribution in [3.63, 3.8) is 0 Å². The Balaban J connectivity index is 0.000000550. The van der Waals surface area contributed by atoms with Crippen molar-refractivity contribution in [3.05, 3.63) is 38.7 Å². The van der Waals surface area contributed by atoms with Gasteiger partial charge in [0.1, 0.15) is 0 Å². The molecule has 2 aromatic heterocycles. The molecule has 2 aromatic rings. The first-order chi connectivity index (χ1) is 11.1. The Kier molecular flexibility index (Phi) is 7.12. The fourth-order valence-electron chi connectivity index (χ4n) is 1.85. The highest BCUT2D eigenvalue weighted by Crippen LogP contribution is 2.36. The first-order valence-electron chi connectivity index (χ1n) is 7.69. The lowest BCUT2D eigenvalue weighted by atomic mass is 9.88. The molecule has 2 heterocycles. The van der Waals surface area contributed by atoms with E-state index in [1.165, 1.54) is 13.3 Å². The maximum atomic E-state index is 9.75. The zero-order valence-electron chi connectivity index (χ0n) is 15.1. The van der Waals surface area contributed by atoms with Crippen molar-refractivity contribution in [1.29, 1.82) is 0 Å². The maximum absolute atomic E-state index is 9.75. The number of thiophene rings is 1. The molecule has 0 aromatic carbocycles. The van der Waals surface area contributed by atoms with Gasteiger partial charge in [0.2, 0.25) is 0 Å². The lowest BCUT2D eigenvalue weighted by Crippen LogP contribution is -2.16. The van der Waals surface area contributed by atoms with Gasteiger partial charge >= 0.3 is 18.8 Å². The number of halogens is 5. The Morgan fingerprint density at radius 2 is 1.28 bits per heavy atom. The summed E-state index contributed by atoms with van der Waals surface area (Å²) < 4.78 is 46.5. The van der Waals surface area contributed by atoms with Crippen LogP contribution in [0, 0.1) is 2.88 Å². The van der Waals surface area contributed by atoms with Crippen LogP contribution < -0.4 is 0 Å². The van der Waals surface area contributed by atoms with Gasteiger partial charge in [0.25, 0.3) is 0 Å². The largest absolute Gasteiger partial charge is 0.673 e. The third-order valence-electron chi connectivity index (χ3n) is 3.13. The van der Waals surface area contributed by atoms with Crippen molar-refractivity contribution in [2.75, 3.05) is 0 Å². The molecule has 0 saturated carbocycles. The molecule has 1 nitrogen and oxygen atoms in total. The molecular formula is C17H22BF4IOS. The van der Waals surface area contributed by atoms with Crippen LogP contribution in [0.2, 0.25) is 0 Å². The minimum Gasteiger partial charge on any atom is -0.418 e. The summed E-state index contributed by atoms with van der Waals surface area (Å²) in [5.41, 5.74) is 1.29. The first kappa shape index (κ1) is 22.4. The molecule has 0 radical (unpaired) electrons. The zero-order valence-corrected chi connectivity index (χ0v) is 18.1. The average Bonchev–Trinajstić information content (AvgIpc) is 2.81. The predicted octanol–water partition coefficient (Wildman–Crippen LogP) is 7.79. The molecule has 0 aliphatic heterocycles. The number of hydrogen-bond acceptors (Lipinski definition) is 1. The van der Waals surface area contributed by atoms with Crippen LogP contribution >= 0.6 is 33.9 Å². The van der Waals surface area contributed by atoms with E-state index in [4.69, 9.17) is 4.42 Å². The summed E-state index contributed by atoms with van der Waals surface area (Å²) in [6, 6.07) is 8.74. The molecule has 0 amide bonds. The molecule has 2 rings (SSSR count). The van der Waals surface area contributed by atoms with E-state index in [-0.39, 0.29) is 10.8 Å². The third kappa shape index (κ3) is 8.06. The quantitative estimate of drug-likeness (QED) is 0.173. The van der Waals surface area contributed by atoms with Gasteiger partial charge in [-0.3, -0.25) is 0 Å². The van der Waals surface area contributed by atoms with E-state index >= 15 is 0 Å². The van der Waals surface area contributed by atoms with Crippen LogP contribution in [-0.4, -0.2) is 7.25 Å². The van der Waals surface area contributed by atoms with Crippen LogP contribution in [0.4, 0.5) is 17.3 Å². The summed E-state index contributed by atoms with van der Waals surface area (Å²) in [5.74, 6) is 2.09. The van der Waals surface area contributed by atoms with Gasteiger partial charge < -0.3 is 17.3 Å². The molecule has 0 saturated heterocycles. The predicted molar refractivity (Wildman–Crippen MR) is 107 cm³/mol. The normalized spacial score (nSPS) is 12.6. The van der Waals surface area contributed by atoms with Gasteiger partial charge in [-0.05, 0) is 76.3 Å². The summed E-state index contributed by atoms with van der Waals surface area (Å²) in [4.78, 5) is 1.31. The zero-order chi connectivity index (χ0) is 19.6. The molecule has 140 valence electrons. The van der Waals surface area contributed by atoms with E-state index in [0.29, 0.717) is 0 Å². The summed E-state index contributed by atoms with van der Waals surface area (Å²) in [5, 5.41) is 0. The van der Waals surface area contributed by atoms with E-state index < -0.39 is 7.25 Å². The summed E-state index contributed by atoms with van der Waals surface area (Å²) >= 11 is 4.20. The highest BCUT2D eigenvalue weighted by Gasteiger charge is 2.34. The Hall–Kier alpha value is -0.635. The highest BCUT2D eigenvalue weighted by molar-refractivity contribution is 14.1. The Morgan fingerprint density at radius 3 is 1.56 bits per heavy atom. The average molecular weight is 488 g/mol. The van der Waals surface area contributed by atoms with Crippen LogP contribution in [-0.2, 0) is 10.8 Å². The molecule has 0 unspecified atom stereocenters. The van der Waals surface area contributed by atoms with Crippen LogP contribution in [0.1, 0.15) is 53.1 Å². The van der Waals surface area contributed by atoms with Crippen LogP contribution in [0.25, 0.3) is 10.4 Å². The van der Waals surface area contributed by atoms with Crippen molar-refractivity contribution in [2.24, 2.45) is 0 Å². The minimum atomic E-state index is -6.00. The first-order valence-corrected chi connectivity index (χ1v) is 9.59. The number of hydrogen-bond donors (Lipinski definition) is 0. The third-order valence-corrected chi connectivity index (χ3v) is 5.07. The van der Waals surface area contributed by atoms with Gasteiger partial charge in [-0.25, -0.2) is 4.42 Å². The van der Waals surface area contributed by atoms with Gasteiger partial charge in [-0.15, -0.1) is 11.3 Å². The van der Waals surface area contributed by atoms with Crippen LogP contribution in [0.3, 0.4) is 0 Å². The van der Waals surface area contributed by atoms with Gasteiger partial charge in [-0.1, -0.05) is 0 Å². The molecule has 8 heteroatoms. The second kappa shape index (κ2) is 7.94. The van der Waals surface area contributed by atoms with Crippen molar-refractivity contribution >= 4 is 41.2 Å². The Morgan fingerprint density at radius 1 is 0.880 bits per heavy atom. The van der Waals surface area contributed by atoms with Crippen molar-refractivity contribution in [1.82, 2.24) is 0 Å². The lowest BCUT2D eigenvalue weighted by Gasteiger charge is -2.14.